The van der Waals surface area contributed by atoms with Crippen molar-refractivity contribution < 1.29 is 13.9 Å². The van der Waals surface area contributed by atoms with Crippen LogP contribution >= 0.6 is 39.0 Å². The second kappa shape index (κ2) is 5.75. The Morgan fingerprint density at radius 3 is 2.85 bits per heavy atom. The van der Waals surface area contributed by atoms with Crippen molar-refractivity contribution in [1.82, 2.24) is 0 Å². The molecule has 0 amide bonds. The first-order valence-corrected chi connectivity index (χ1v) is 8.85. The maximum absolute atomic E-state index is 14.0. The number of hydrogen-bond acceptors (Lipinski definition) is 3. The fourth-order valence-corrected chi connectivity index (χ4v) is 4.96. The first kappa shape index (κ1) is 14.5. The molecule has 1 aromatic heterocycles. The van der Waals surface area contributed by atoms with E-state index in [2.05, 4.69) is 15.9 Å². The van der Waals surface area contributed by atoms with Gasteiger partial charge in [-0.2, -0.15) is 11.8 Å². The van der Waals surface area contributed by atoms with E-state index in [0.717, 1.165) is 24.0 Å². The predicted octanol–water partition coefficient (Wildman–Crippen LogP) is 4.66. The van der Waals surface area contributed by atoms with Crippen LogP contribution in [0.4, 0.5) is 8.78 Å². The fraction of sp³-hybridized carbons (Fsp3) is 0.286. The van der Waals surface area contributed by atoms with Crippen LogP contribution in [-0.2, 0) is 12.2 Å². The molecule has 1 atom stereocenters. The van der Waals surface area contributed by atoms with Crippen LogP contribution in [-0.4, -0.2) is 10.9 Å². The first-order valence-electron chi connectivity index (χ1n) is 6.08. The summed E-state index contributed by atoms with van der Waals surface area (Å²) in [6.45, 7) is 0. The highest BCUT2D eigenvalue weighted by Gasteiger charge is 2.25. The topological polar surface area (TPSA) is 20.2 Å². The highest BCUT2D eigenvalue weighted by Crippen LogP contribution is 2.38. The highest BCUT2D eigenvalue weighted by molar-refractivity contribution is 9.10. The van der Waals surface area contributed by atoms with Gasteiger partial charge < -0.3 is 5.11 Å². The molecule has 2 heterocycles. The Morgan fingerprint density at radius 2 is 2.10 bits per heavy atom. The largest absolute Gasteiger partial charge is 0.383 e. The molecule has 0 aliphatic carbocycles. The molecule has 1 nitrogen and oxygen atoms in total. The van der Waals surface area contributed by atoms with Crippen LogP contribution < -0.4 is 0 Å². The second-order valence-electron chi connectivity index (χ2n) is 4.56. The Bertz CT molecular complexity index is 633. The average molecular weight is 377 g/mol. The molecule has 1 aliphatic heterocycles. The van der Waals surface area contributed by atoms with E-state index in [4.69, 9.17) is 0 Å². The van der Waals surface area contributed by atoms with Crippen molar-refractivity contribution in [2.75, 3.05) is 5.75 Å². The van der Waals surface area contributed by atoms with Crippen LogP contribution in [0.2, 0.25) is 0 Å². The van der Waals surface area contributed by atoms with Crippen LogP contribution in [0.3, 0.4) is 0 Å². The molecule has 1 aliphatic rings. The lowest BCUT2D eigenvalue weighted by Gasteiger charge is -2.12. The van der Waals surface area contributed by atoms with E-state index in [1.807, 2.05) is 17.8 Å². The van der Waals surface area contributed by atoms with Gasteiger partial charge in [0.2, 0.25) is 0 Å². The molecule has 1 unspecified atom stereocenters. The van der Waals surface area contributed by atoms with Crippen LogP contribution in [0, 0.1) is 11.6 Å². The summed E-state index contributed by atoms with van der Waals surface area (Å²) in [5.41, 5.74) is 0.890. The SMILES string of the molecule is OC(c1cc2c(s1)CCSC2)c1c(F)ccc(Br)c1F. The van der Waals surface area contributed by atoms with E-state index in [0.29, 0.717) is 4.88 Å². The Kier molecular flexibility index (Phi) is 4.17. The van der Waals surface area contributed by atoms with Gasteiger partial charge in [0.05, 0.1) is 10.0 Å². The average Bonchev–Trinajstić information content (AvgIpc) is 2.87. The van der Waals surface area contributed by atoms with E-state index in [9.17, 15) is 13.9 Å². The molecule has 0 radical (unpaired) electrons. The third-order valence-corrected chi connectivity index (χ3v) is 6.18. The maximum atomic E-state index is 14.0. The molecule has 0 bridgehead atoms. The van der Waals surface area contributed by atoms with E-state index in [1.54, 1.807) is 0 Å². The van der Waals surface area contributed by atoms with Crippen molar-refractivity contribution in [2.24, 2.45) is 0 Å². The van der Waals surface area contributed by atoms with Crippen LogP contribution in [0.25, 0.3) is 0 Å². The minimum atomic E-state index is -1.26. The van der Waals surface area contributed by atoms with Crippen LogP contribution in [0.5, 0.6) is 0 Å². The standard InChI is InChI=1S/C14H11BrF2OS2/c15-8-1-2-9(16)12(13(8)17)14(18)11-5-7-6-19-4-3-10(7)20-11/h1-2,5,14,18H,3-4,6H2. The van der Waals surface area contributed by atoms with Gasteiger partial charge in [0, 0.05) is 15.5 Å². The lowest BCUT2D eigenvalue weighted by molar-refractivity contribution is 0.212. The predicted molar refractivity (Wildman–Crippen MR) is 82.3 cm³/mol. The number of thiophene rings is 1. The summed E-state index contributed by atoms with van der Waals surface area (Å²) in [7, 11) is 0. The van der Waals surface area contributed by atoms with Gasteiger partial charge in [-0.15, -0.1) is 11.3 Å². The Balaban J connectivity index is 2.02. The minimum Gasteiger partial charge on any atom is -0.383 e. The number of aliphatic hydroxyl groups is 1. The van der Waals surface area contributed by atoms with Crippen molar-refractivity contribution in [1.29, 1.82) is 0 Å². The molecule has 106 valence electrons. The summed E-state index contributed by atoms with van der Waals surface area (Å²) in [5.74, 6) is 0.502. The molecule has 2 aromatic rings. The Hall–Kier alpha value is -0.430. The molecule has 1 N–H and O–H groups in total. The van der Waals surface area contributed by atoms with Gasteiger partial charge >= 0.3 is 0 Å². The summed E-state index contributed by atoms with van der Waals surface area (Å²) in [5, 5.41) is 10.3. The molecule has 20 heavy (non-hydrogen) atoms. The minimum absolute atomic E-state index is 0.157. The van der Waals surface area contributed by atoms with Gasteiger partial charge in [0.1, 0.15) is 17.7 Å². The van der Waals surface area contributed by atoms with Gasteiger partial charge in [-0.05, 0) is 51.9 Å². The lowest BCUT2D eigenvalue weighted by atomic mass is 10.1. The summed E-state index contributed by atoms with van der Waals surface area (Å²) >= 11 is 6.31. The molecule has 3 rings (SSSR count). The third kappa shape index (κ3) is 2.54. The molecule has 0 saturated carbocycles. The summed E-state index contributed by atoms with van der Waals surface area (Å²) < 4.78 is 28.0. The molecule has 6 heteroatoms. The van der Waals surface area contributed by atoms with Crippen molar-refractivity contribution in [3.63, 3.8) is 0 Å². The second-order valence-corrected chi connectivity index (χ2v) is 7.69. The lowest BCUT2D eigenvalue weighted by Crippen LogP contribution is -2.05. The Morgan fingerprint density at radius 1 is 1.30 bits per heavy atom. The quantitative estimate of drug-likeness (QED) is 0.769. The van der Waals surface area contributed by atoms with E-state index >= 15 is 0 Å². The van der Waals surface area contributed by atoms with Crippen molar-refractivity contribution in [3.05, 3.63) is 55.2 Å². The van der Waals surface area contributed by atoms with E-state index < -0.39 is 17.7 Å². The summed E-state index contributed by atoms with van der Waals surface area (Å²) in [6, 6.07) is 4.34. The van der Waals surface area contributed by atoms with E-state index in [1.165, 1.54) is 27.8 Å². The number of benzene rings is 1. The third-order valence-electron chi connectivity index (χ3n) is 3.27. The molecule has 0 spiro atoms. The maximum Gasteiger partial charge on any atom is 0.146 e. The van der Waals surface area contributed by atoms with Crippen molar-refractivity contribution in [2.45, 2.75) is 18.3 Å². The van der Waals surface area contributed by atoms with Crippen molar-refractivity contribution in [3.8, 4) is 0 Å². The number of halogens is 3. The van der Waals surface area contributed by atoms with Gasteiger partial charge in [0.25, 0.3) is 0 Å². The normalized spacial score (nSPS) is 16.0. The first-order chi connectivity index (χ1) is 9.58. The summed E-state index contributed by atoms with van der Waals surface area (Å²) in [4.78, 5) is 1.82. The molecular formula is C14H11BrF2OS2. The zero-order valence-corrected chi connectivity index (χ0v) is 13.5. The fourth-order valence-electron chi connectivity index (χ4n) is 2.24. The Labute approximate surface area is 132 Å². The van der Waals surface area contributed by atoms with Gasteiger partial charge in [-0.25, -0.2) is 8.78 Å². The molecular weight excluding hydrogens is 366 g/mol. The monoisotopic (exact) mass is 376 g/mol. The smallest absolute Gasteiger partial charge is 0.146 e. The number of fused-ring (bicyclic) bond motifs is 1. The van der Waals surface area contributed by atoms with Crippen molar-refractivity contribution >= 4 is 39.0 Å². The number of hydrogen-bond donors (Lipinski definition) is 1. The summed E-state index contributed by atoms with van der Waals surface area (Å²) in [6.07, 6.45) is -0.297. The van der Waals surface area contributed by atoms with Gasteiger partial charge in [0.15, 0.2) is 0 Å². The number of aliphatic hydroxyl groups excluding tert-OH is 1. The molecule has 1 aromatic carbocycles. The molecule has 0 saturated heterocycles. The van der Waals surface area contributed by atoms with E-state index in [-0.39, 0.29) is 10.0 Å². The number of thioether (sulfide) groups is 1. The highest BCUT2D eigenvalue weighted by atomic mass is 79.9. The zero-order valence-electron chi connectivity index (χ0n) is 10.3. The zero-order chi connectivity index (χ0) is 14.3. The van der Waals surface area contributed by atoms with Gasteiger partial charge in [-0.1, -0.05) is 0 Å². The number of rotatable bonds is 2. The van der Waals surface area contributed by atoms with Crippen LogP contribution in [0.1, 0.15) is 27.0 Å². The van der Waals surface area contributed by atoms with Gasteiger partial charge in [-0.3, -0.25) is 0 Å². The van der Waals surface area contributed by atoms with Crippen LogP contribution in [0.15, 0.2) is 22.7 Å². The molecule has 0 fully saturated rings. The number of aryl methyl sites for hydroxylation is 1.